The van der Waals surface area contributed by atoms with Gasteiger partial charge in [0.05, 0.1) is 11.7 Å². The third-order valence-electron chi connectivity index (χ3n) is 2.48. The number of hydrogen-bond donors (Lipinski definition) is 1. The summed E-state index contributed by atoms with van der Waals surface area (Å²) in [6, 6.07) is 0.306. The second-order valence-electron chi connectivity index (χ2n) is 3.71. The Morgan fingerprint density at radius 1 is 1.18 bits per heavy atom. The summed E-state index contributed by atoms with van der Waals surface area (Å²) in [4.78, 5) is 12.5. The lowest BCUT2D eigenvalue weighted by Gasteiger charge is -2.35. The minimum atomic E-state index is -2.02. The van der Waals surface area contributed by atoms with Crippen LogP contribution in [-0.4, -0.2) is 35.1 Å². The lowest BCUT2D eigenvalue weighted by molar-refractivity contribution is 0.00548. The van der Waals surface area contributed by atoms with E-state index in [-0.39, 0.29) is 13.1 Å². The molecule has 0 spiro atoms. The molecule has 1 N–H and O–H groups in total. The normalized spacial score (nSPS) is 15.9. The second-order valence-corrected chi connectivity index (χ2v) is 3.71. The summed E-state index contributed by atoms with van der Waals surface area (Å²) in [5, 5.41) is 8.94. The SMILES string of the molecule is O=C(c1cc(F)c(F)c(F)c1F)N1CC(O)C1. The number of hydrogen-bond acceptors (Lipinski definition) is 2. The number of β-amino-alcohol motifs (C(OH)–C–C–N with tert-alkyl or cyclic N) is 1. The zero-order chi connectivity index (χ0) is 12.7. The molecular formula is C10H7F4NO2. The largest absolute Gasteiger partial charge is 0.389 e. The summed E-state index contributed by atoms with van der Waals surface area (Å²) in [5.41, 5.74) is -0.881. The van der Waals surface area contributed by atoms with Crippen molar-refractivity contribution in [3.63, 3.8) is 0 Å². The van der Waals surface area contributed by atoms with Gasteiger partial charge in [0.25, 0.3) is 5.91 Å². The van der Waals surface area contributed by atoms with Crippen LogP contribution in [0.3, 0.4) is 0 Å². The predicted molar refractivity (Wildman–Crippen MR) is 48.2 cm³/mol. The van der Waals surface area contributed by atoms with Gasteiger partial charge in [-0.05, 0) is 6.07 Å². The van der Waals surface area contributed by atoms with E-state index in [9.17, 15) is 22.4 Å². The summed E-state index contributed by atoms with van der Waals surface area (Å²) in [5.74, 6) is -8.31. The van der Waals surface area contributed by atoms with Crippen molar-refractivity contribution in [1.29, 1.82) is 0 Å². The van der Waals surface area contributed by atoms with E-state index < -0.39 is 40.8 Å². The Labute approximate surface area is 93.3 Å². The smallest absolute Gasteiger partial charge is 0.257 e. The van der Waals surface area contributed by atoms with Crippen LogP contribution >= 0.6 is 0 Å². The molecule has 1 saturated heterocycles. The molecule has 1 amide bonds. The Kier molecular flexibility index (Phi) is 2.78. The maximum Gasteiger partial charge on any atom is 0.257 e. The van der Waals surface area contributed by atoms with Gasteiger partial charge >= 0.3 is 0 Å². The molecule has 1 fully saturated rings. The summed E-state index contributed by atoms with van der Waals surface area (Å²) in [7, 11) is 0. The van der Waals surface area contributed by atoms with Crippen molar-refractivity contribution in [3.05, 3.63) is 34.9 Å². The molecule has 0 radical (unpaired) electrons. The van der Waals surface area contributed by atoms with E-state index in [1.54, 1.807) is 0 Å². The van der Waals surface area contributed by atoms with Crippen molar-refractivity contribution in [2.45, 2.75) is 6.10 Å². The number of benzene rings is 1. The van der Waals surface area contributed by atoms with Gasteiger partial charge in [-0.15, -0.1) is 0 Å². The van der Waals surface area contributed by atoms with Crippen LogP contribution in [0.1, 0.15) is 10.4 Å². The average molecular weight is 249 g/mol. The van der Waals surface area contributed by atoms with E-state index in [0.29, 0.717) is 6.07 Å². The Morgan fingerprint density at radius 2 is 1.76 bits per heavy atom. The Balaban J connectivity index is 2.36. The summed E-state index contributed by atoms with van der Waals surface area (Å²) >= 11 is 0. The number of carbonyl (C=O) groups excluding carboxylic acids is 1. The molecule has 3 nitrogen and oxygen atoms in total. The average Bonchev–Trinajstić information content (AvgIpc) is 2.26. The number of halogens is 4. The first-order valence-corrected chi connectivity index (χ1v) is 4.72. The molecule has 1 aromatic carbocycles. The number of amides is 1. The van der Waals surface area contributed by atoms with Crippen LogP contribution in [0.15, 0.2) is 6.07 Å². The van der Waals surface area contributed by atoms with Crippen LogP contribution in [0, 0.1) is 23.3 Å². The van der Waals surface area contributed by atoms with Gasteiger partial charge in [-0.3, -0.25) is 4.79 Å². The van der Waals surface area contributed by atoms with E-state index in [1.165, 1.54) is 0 Å². The molecule has 0 saturated carbocycles. The summed E-state index contributed by atoms with van der Waals surface area (Å²) < 4.78 is 51.6. The van der Waals surface area contributed by atoms with E-state index in [1.807, 2.05) is 0 Å². The van der Waals surface area contributed by atoms with Gasteiger partial charge in [0.15, 0.2) is 23.3 Å². The molecule has 0 bridgehead atoms. The molecule has 1 heterocycles. The fraction of sp³-hybridized carbons (Fsp3) is 0.300. The Morgan fingerprint density at radius 3 is 2.29 bits per heavy atom. The van der Waals surface area contributed by atoms with Gasteiger partial charge in [0, 0.05) is 13.1 Å². The van der Waals surface area contributed by atoms with Gasteiger partial charge < -0.3 is 10.0 Å². The number of nitrogens with zero attached hydrogens (tertiary/aromatic N) is 1. The molecule has 92 valence electrons. The summed E-state index contributed by atoms with van der Waals surface area (Å²) in [6.07, 6.45) is -0.725. The molecule has 17 heavy (non-hydrogen) atoms. The first-order valence-electron chi connectivity index (χ1n) is 4.72. The number of likely N-dealkylation sites (tertiary alicyclic amines) is 1. The maximum atomic E-state index is 13.2. The third kappa shape index (κ3) is 1.86. The number of rotatable bonds is 1. The number of aliphatic hydroxyl groups is 1. The van der Waals surface area contributed by atoms with Gasteiger partial charge in [-0.2, -0.15) is 0 Å². The Hall–Kier alpha value is -1.63. The van der Waals surface area contributed by atoms with E-state index in [2.05, 4.69) is 0 Å². The van der Waals surface area contributed by atoms with Crippen molar-refractivity contribution in [2.75, 3.05) is 13.1 Å². The lowest BCUT2D eigenvalue weighted by atomic mass is 10.1. The molecule has 2 rings (SSSR count). The fourth-order valence-corrected chi connectivity index (χ4v) is 1.52. The van der Waals surface area contributed by atoms with Crippen LogP contribution in [-0.2, 0) is 0 Å². The van der Waals surface area contributed by atoms with Crippen LogP contribution in [0.25, 0.3) is 0 Å². The molecule has 1 aromatic rings. The standard InChI is InChI=1S/C10H7F4NO2/c11-6-1-5(7(12)9(14)8(6)13)10(17)15-2-4(16)3-15/h1,4,16H,2-3H2. The highest BCUT2D eigenvalue weighted by Gasteiger charge is 2.33. The van der Waals surface area contributed by atoms with Crippen molar-refractivity contribution in [1.82, 2.24) is 4.90 Å². The number of aliphatic hydroxyl groups excluding tert-OH is 1. The zero-order valence-electron chi connectivity index (χ0n) is 8.38. The van der Waals surface area contributed by atoms with E-state index in [4.69, 9.17) is 5.11 Å². The second kappa shape index (κ2) is 3.99. The molecule has 0 unspecified atom stereocenters. The van der Waals surface area contributed by atoms with Crippen LogP contribution in [0.5, 0.6) is 0 Å². The highest BCUT2D eigenvalue weighted by molar-refractivity contribution is 5.95. The van der Waals surface area contributed by atoms with E-state index >= 15 is 0 Å². The van der Waals surface area contributed by atoms with Crippen molar-refractivity contribution in [2.24, 2.45) is 0 Å². The zero-order valence-corrected chi connectivity index (χ0v) is 8.38. The molecule has 0 atom stereocenters. The van der Waals surface area contributed by atoms with Crippen LogP contribution < -0.4 is 0 Å². The quantitative estimate of drug-likeness (QED) is 0.459. The molecular weight excluding hydrogens is 242 g/mol. The van der Waals surface area contributed by atoms with Gasteiger partial charge in [0.2, 0.25) is 0 Å². The van der Waals surface area contributed by atoms with Crippen LogP contribution in [0.4, 0.5) is 17.6 Å². The third-order valence-corrected chi connectivity index (χ3v) is 2.48. The van der Waals surface area contributed by atoms with Crippen LogP contribution in [0.2, 0.25) is 0 Å². The lowest BCUT2D eigenvalue weighted by Crippen LogP contribution is -2.53. The van der Waals surface area contributed by atoms with Gasteiger partial charge in [-0.25, -0.2) is 17.6 Å². The number of carbonyl (C=O) groups is 1. The first kappa shape index (κ1) is 11.8. The molecule has 0 aliphatic carbocycles. The molecule has 1 aliphatic rings. The van der Waals surface area contributed by atoms with Crippen molar-refractivity contribution < 1.29 is 27.5 Å². The Bertz CT molecular complexity index is 486. The minimum absolute atomic E-state index is 0.0428. The maximum absolute atomic E-state index is 13.2. The van der Waals surface area contributed by atoms with Gasteiger partial charge in [-0.1, -0.05) is 0 Å². The van der Waals surface area contributed by atoms with Gasteiger partial charge in [0.1, 0.15) is 0 Å². The minimum Gasteiger partial charge on any atom is -0.389 e. The molecule has 7 heteroatoms. The highest BCUT2D eigenvalue weighted by Crippen LogP contribution is 2.21. The molecule has 0 aromatic heterocycles. The van der Waals surface area contributed by atoms with E-state index in [0.717, 1.165) is 4.90 Å². The summed E-state index contributed by atoms with van der Waals surface area (Å²) in [6.45, 7) is -0.0855. The fourth-order valence-electron chi connectivity index (χ4n) is 1.52. The van der Waals surface area contributed by atoms with Crippen molar-refractivity contribution >= 4 is 5.91 Å². The topological polar surface area (TPSA) is 40.5 Å². The highest BCUT2D eigenvalue weighted by atomic mass is 19.2. The van der Waals surface area contributed by atoms with Crippen molar-refractivity contribution in [3.8, 4) is 0 Å². The predicted octanol–water partition coefficient (Wildman–Crippen LogP) is 1.06. The first-order chi connectivity index (χ1) is 7.91. The molecule has 1 aliphatic heterocycles. The monoisotopic (exact) mass is 249 g/mol.